The van der Waals surface area contributed by atoms with Gasteiger partial charge in [0.25, 0.3) is 0 Å². The van der Waals surface area contributed by atoms with Gasteiger partial charge in [0.1, 0.15) is 0 Å². The van der Waals surface area contributed by atoms with Crippen molar-refractivity contribution in [1.82, 2.24) is 0 Å². The highest BCUT2D eigenvalue weighted by atomic mass is 19.4. The first-order chi connectivity index (χ1) is 15.6. The van der Waals surface area contributed by atoms with Gasteiger partial charge in [-0.05, 0) is 76.3 Å². The number of carbonyl (C=O) groups is 1. The van der Waals surface area contributed by atoms with Crippen LogP contribution in [0.3, 0.4) is 0 Å². The van der Waals surface area contributed by atoms with Gasteiger partial charge in [0.2, 0.25) is 0 Å². The molecule has 0 heterocycles. The topological polar surface area (TPSA) is 55.8 Å². The molecule has 1 aromatic carbocycles. The fraction of sp³-hybridized carbons (Fsp3) is 0.654. The molecule has 0 radical (unpaired) electrons. The number of allylic oxidation sites excluding steroid dienone is 2. The second-order valence-electron chi connectivity index (χ2n) is 9.09. The molecule has 0 amide bonds. The number of halogens is 3. The lowest BCUT2D eigenvalue weighted by Gasteiger charge is -2.21. The summed E-state index contributed by atoms with van der Waals surface area (Å²) >= 11 is 0. The minimum Gasteiger partial charge on any atom is -0.463 e. The van der Waals surface area contributed by atoms with Crippen molar-refractivity contribution < 1.29 is 32.5 Å². The zero-order valence-corrected chi connectivity index (χ0v) is 19.7. The van der Waals surface area contributed by atoms with Gasteiger partial charge in [-0.2, -0.15) is 13.2 Å². The van der Waals surface area contributed by atoms with E-state index in [1.54, 1.807) is 6.07 Å². The van der Waals surface area contributed by atoms with Crippen molar-refractivity contribution in [3.8, 4) is 0 Å². The van der Waals surface area contributed by atoms with Crippen LogP contribution >= 0.6 is 0 Å². The van der Waals surface area contributed by atoms with Crippen LogP contribution in [-0.4, -0.2) is 36.0 Å². The van der Waals surface area contributed by atoms with Gasteiger partial charge >= 0.3 is 12.1 Å². The van der Waals surface area contributed by atoms with Crippen LogP contribution in [0.2, 0.25) is 0 Å². The molecule has 4 nitrogen and oxygen atoms in total. The van der Waals surface area contributed by atoms with E-state index in [1.807, 2.05) is 13.8 Å². The van der Waals surface area contributed by atoms with E-state index in [0.717, 1.165) is 50.7 Å². The number of alkyl halides is 3. The van der Waals surface area contributed by atoms with Gasteiger partial charge in [-0.3, -0.25) is 4.79 Å². The molecule has 0 bridgehead atoms. The second kappa shape index (κ2) is 13.8. The molecule has 0 aliphatic heterocycles. The number of hydrogen-bond acceptors (Lipinski definition) is 4. The van der Waals surface area contributed by atoms with Crippen molar-refractivity contribution in [1.29, 1.82) is 0 Å². The van der Waals surface area contributed by atoms with Gasteiger partial charge in [-0.25, -0.2) is 0 Å². The molecule has 33 heavy (non-hydrogen) atoms. The summed E-state index contributed by atoms with van der Waals surface area (Å²) in [6.45, 7) is 3.88. The van der Waals surface area contributed by atoms with E-state index in [4.69, 9.17) is 9.47 Å². The molecule has 1 fully saturated rings. The Labute approximate surface area is 195 Å². The largest absolute Gasteiger partial charge is 0.463 e. The van der Waals surface area contributed by atoms with Crippen molar-refractivity contribution in [2.75, 3.05) is 6.61 Å². The zero-order valence-electron chi connectivity index (χ0n) is 19.7. The fourth-order valence-electron chi connectivity index (χ4n) is 4.12. The number of hydrogen-bond donors (Lipinski definition) is 1. The highest BCUT2D eigenvalue weighted by Crippen LogP contribution is 2.32. The molecular weight excluding hydrogens is 433 g/mol. The highest BCUT2D eigenvalue weighted by molar-refractivity contribution is 5.69. The predicted molar refractivity (Wildman–Crippen MR) is 122 cm³/mol. The summed E-state index contributed by atoms with van der Waals surface area (Å²) < 4.78 is 49.6. The minimum atomic E-state index is -4.36. The van der Waals surface area contributed by atoms with Gasteiger partial charge in [0, 0.05) is 6.42 Å². The molecule has 1 aromatic rings. The van der Waals surface area contributed by atoms with E-state index >= 15 is 0 Å². The van der Waals surface area contributed by atoms with E-state index < -0.39 is 17.8 Å². The monoisotopic (exact) mass is 470 g/mol. The first-order valence-electron chi connectivity index (χ1n) is 12.0. The van der Waals surface area contributed by atoms with Gasteiger partial charge in [0.05, 0.1) is 30.5 Å². The molecule has 3 atom stereocenters. The predicted octanol–water partition coefficient (Wildman–Crippen LogP) is 6.25. The highest BCUT2D eigenvalue weighted by Gasteiger charge is 2.30. The molecule has 186 valence electrons. The van der Waals surface area contributed by atoms with Gasteiger partial charge in [-0.1, -0.05) is 36.8 Å². The second-order valence-corrected chi connectivity index (χ2v) is 9.09. The molecule has 0 aromatic heterocycles. The summed E-state index contributed by atoms with van der Waals surface area (Å²) in [5.41, 5.74) is -0.103. The summed E-state index contributed by atoms with van der Waals surface area (Å²) in [6.07, 6.45) is 5.98. The maximum atomic E-state index is 12.8. The Morgan fingerprint density at radius 2 is 2.03 bits per heavy atom. The molecular formula is C26H37F3O4. The molecule has 1 unspecified atom stereocenters. The summed E-state index contributed by atoms with van der Waals surface area (Å²) in [4.78, 5) is 11.5. The summed E-state index contributed by atoms with van der Waals surface area (Å²) in [5.74, 6) is 0.247. The lowest BCUT2D eigenvalue weighted by molar-refractivity contribution is -0.147. The SMILES string of the molecule is CC(C)OC(=O)CCC/C=C\C[C@H]1CCC[C@@H]1OCC(O)CCc1cccc(C(F)(F)F)c1. The van der Waals surface area contributed by atoms with E-state index in [9.17, 15) is 23.1 Å². The van der Waals surface area contributed by atoms with Crippen LogP contribution in [0.5, 0.6) is 0 Å². The fourth-order valence-corrected chi connectivity index (χ4v) is 4.12. The number of aliphatic hydroxyl groups excluding tert-OH is 1. The number of ether oxygens (including phenoxy) is 2. The zero-order chi connectivity index (χ0) is 24.3. The number of carbonyl (C=O) groups excluding carboxylic acids is 1. The van der Waals surface area contributed by atoms with Crippen LogP contribution in [0.1, 0.15) is 76.3 Å². The van der Waals surface area contributed by atoms with E-state index in [1.165, 1.54) is 6.07 Å². The summed E-state index contributed by atoms with van der Waals surface area (Å²) in [7, 11) is 0. The van der Waals surface area contributed by atoms with E-state index in [-0.39, 0.29) is 24.8 Å². The van der Waals surface area contributed by atoms with Crippen molar-refractivity contribution in [3.63, 3.8) is 0 Å². The average molecular weight is 471 g/mol. The minimum absolute atomic E-state index is 0.0774. The van der Waals surface area contributed by atoms with Gasteiger partial charge in [-0.15, -0.1) is 0 Å². The van der Waals surface area contributed by atoms with E-state index in [0.29, 0.717) is 30.7 Å². The summed E-state index contributed by atoms with van der Waals surface area (Å²) in [5, 5.41) is 10.3. The standard InChI is InChI=1S/C26H37F3O4/c1-19(2)33-25(31)14-6-4-3-5-10-21-11-8-13-24(21)32-18-23(30)16-15-20-9-7-12-22(17-20)26(27,28)29/h3,5,7,9,12,17,19,21,23-24,30H,4,6,8,10-11,13-16,18H2,1-2H3/b5-3-/t21-,23?,24-/m0/s1. The Hall–Kier alpha value is -1.86. The molecule has 2 rings (SSSR count). The average Bonchev–Trinajstić information content (AvgIpc) is 3.19. The Morgan fingerprint density at radius 3 is 2.76 bits per heavy atom. The third-order valence-electron chi connectivity index (χ3n) is 5.84. The Bertz CT molecular complexity index is 745. The summed E-state index contributed by atoms with van der Waals surface area (Å²) in [6, 6.07) is 5.24. The molecule has 1 N–H and O–H groups in total. The molecule has 1 aliphatic carbocycles. The van der Waals surface area contributed by atoms with Gasteiger partial charge in [0.15, 0.2) is 0 Å². The molecule has 0 saturated heterocycles. The molecule has 0 spiro atoms. The smallest absolute Gasteiger partial charge is 0.416 e. The van der Waals surface area contributed by atoms with Crippen molar-refractivity contribution in [3.05, 3.63) is 47.5 Å². The normalized spacial score (nSPS) is 20.0. The van der Waals surface area contributed by atoms with Crippen LogP contribution in [0.25, 0.3) is 0 Å². The number of rotatable bonds is 13. The van der Waals surface area contributed by atoms with Crippen LogP contribution in [0.15, 0.2) is 36.4 Å². The third kappa shape index (κ3) is 10.7. The van der Waals surface area contributed by atoms with E-state index in [2.05, 4.69) is 12.2 Å². The maximum absolute atomic E-state index is 12.8. The first kappa shape index (κ1) is 27.4. The maximum Gasteiger partial charge on any atom is 0.416 e. The number of aryl methyl sites for hydroxylation is 1. The van der Waals surface area contributed by atoms with Crippen LogP contribution in [-0.2, 0) is 26.9 Å². The number of esters is 1. The molecule has 1 saturated carbocycles. The first-order valence-corrected chi connectivity index (χ1v) is 12.0. The van der Waals surface area contributed by atoms with Crippen molar-refractivity contribution in [2.45, 2.75) is 96.1 Å². The number of benzene rings is 1. The van der Waals surface area contributed by atoms with Crippen molar-refractivity contribution >= 4 is 5.97 Å². The molecule has 7 heteroatoms. The number of unbranched alkanes of at least 4 members (excludes halogenated alkanes) is 1. The molecule has 1 aliphatic rings. The number of aliphatic hydroxyl groups is 1. The Balaban J connectivity index is 1.65. The van der Waals surface area contributed by atoms with Crippen molar-refractivity contribution in [2.24, 2.45) is 5.92 Å². The van der Waals surface area contributed by atoms with Crippen LogP contribution in [0.4, 0.5) is 13.2 Å². The quantitative estimate of drug-likeness (QED) is 0.210. The Kier molecular flexibility index (Phi) is 11.4. The lowest BCUT2D eigenvalue weighted by atomic mass is 10.0. The van der Waals surface area contributed by atoms with Crippen LogP contribution < -0.4 is 0 Å². The third-order valence-corrected chi connectivity index (χ3v) is 5.84. The lowest BCUT2D eigenvalue weighted by Crippen LogP contribution is -2.24. The van der Waals surface area contributed by atoms with Gasteiger partial charge < -0.3 is 14.6 Å². The van der Waals surface area contributed by atoms with Crippen LogP contribution in [0, 0.1) is 5.92 Å². The Morgan fingerprint density at radius 1 is 1.24 bits per heavy atom.